The third-order valence-corrected chi connectivity index (χ3v) is 1.55. The predicted octanol–water partition coefficient (Wildman–Crippen LogP) is 2.32. The zero-order valence-electron chi connectivity index (χ0n) is 7.42. The van der Waals surface area contributed by atoms with E-state index in [0.29, 0.717) is 0 Å². The smallest absolute Gasteiger partial charge is 0.444 e. The topological polar surface area (TPSA) is 47.4 Å². The van der Waals surface area contributed by atoms with Crippen LogP contribution in [0, 0.1) is 0 Å². The fourth-order valence-electron chi connectivity index (χ4n) is 0.656. The first-order valence-corrected chi connectivity index (χ1v) is 3.99. The SMILES string of the molecule is COc1nccc(N=C(Cl)C(F)(F)F)n1. The maximum Gasteiger partial charge on any atom is 0.444 e. The van der Waals surface area contributed by atoms with E-state index < -0.39 is 11.3 Å². The fourth-order valence-corrected chi connectivity index (χ4v) is 0.743. The Bertz CT molecular complexity index is 380. The number of aromatic nitrogens is 2. The van der Waals surface area contributed by atoms with Gasteiger partial charge in [-0.1, -0.05) is 11.6 Å². The van der Waals surface area contributed by atoms with Gasteiger partial charge in [0.15, 0.2) is 5.82 Å². The number of nitrogens with zero attached hydrogens (tertiary/aromatic N) is 3. The van der Waals surface area contributed by atoms with Crippen LogP contribution in [-0.2, 0) is 0 Å². The van der Waals surface area contributed by atoms with Gasteiger partial charge in [0, 0.05) is 12.3 Å². The van der Waals surface area contributed by atoms with Crippen molar-refractivity contribution < 1.29 is 17.9 Å². The van der Waals surface area contributed by atoms with Crippen LogP contribution in [0.1, 0.15) is 0 Å². The van der Waals surface area contributed by atoms with Crippen molar-refractivity contribution >= 4 is 22.6 Å². The molecule has 0 fully saturated rings. The van der Waals surface area contributed by atoms with Gasteiger partial charge in [-0.25, -0.2) is 9.98 Å². The molecule has 8 heteroatoms. The monoisotopic (exact) mass is 239 g/mol. The van der Waals surface area contributed by atoms with Crippen LogP contribution in [0.5, 0.6) is 6.01 Å². The summed E-state index contributed by atoms with van der Waals surface area (Å²) >= 11 is 4.91. The van der Waals surface area contributed by atoms with Crippen LogP contribution in [0.3, 0.4) is 0 Å². The first kappa shape index (κ1) is 11.7. The lowest BCUT2D eigenvalue weighted by Gasteiger charge is -2.02. The van der Waals surface area contributed by atoms with Crippen LogP contribution in [0.15, 0.2) is 17.3 Å². The Hall–Kier alpha value is -1.37. The molecule has 15 heavy (non-hydrogen) atoms. The minimum absolute atomic E-state index is 0.0807. The molecule has 0 saturated carbocycles. The highest BCUT2D eigenvalue weighted by Crippen LogP contribution is 2.23. The maximum atomic E-state index is 12.0. The van der Waals surface area contributed by atoms with Crippen molar-refractivity contribution in [1.82, 2.24) is 9.97 Å². The molecule has 0 saturated heterocycles. The molecular weight excluding hydrogens is 235 g/mol. The Labute approximate surface area is 87.8 Å². The van der Waals surface area contributed by atoms with Crippen molar-refractivity contribution in [3.63, 3.8) is 0 Å². The molecule has 1 aromatic rings. The van der Waals surface area contributed by atoms with E-state index in [1.165, 1.54) is 19.4 Å². The molecule has 82 valence electrons. The fraction of sp³-hybridized carbons (Fsp3) is 0.286. The second-order valence-corrected chi connectivity index (χ2v) is 2.66. The second-order valence-electron chi connectivity index (χ2n) is 2.30. The molecule has 0 bridgehead atoms. The van der Waals surface area contributed by atoms with Gasteiger partial charge in [0.25, 0.3) is 0 Å². The van der Waals surface area contributed by atoms with Gasteiger partial charge in [-0.3, -0.25) is 0 Å². The number of ether oxygens (including phenoxy) is 1. The Morgan fingerprint density at radius 3 is 2.73 bits per heavy atom. The molecule has 0 spiro atoms. The van der Waals surface area contributed by atoms with Crippen LogP contribution in [0.4, 0.5) is 19.0 Å². The molecule has 0 unspecified atom stereocenters. The number of aliphatic imine (C=N–C) groups is 1. The highest BCUT2D eigenvalue weighted by atomic mass is 35.5. The molecule has 0 aliphatic rings. The molecule has 0 aromatic carbocycles. The summed E-state index contributed by atoms with van der Waals surface area (Å²) in [7, 11) is 1.29. The first-order valence-electron chi connectivity index (χ1n) is 3.62. The van der Waals surface area contributed by atoms with E-state index in [0.717, 1.165) is 0 Å². The molecule has 0 amide bonds. The molecule has 0 aliphatic carbocycles. The lowest BCUT2D eigenvalue weighted by molar-refractivity contribution is -0.0558. The lowest BCUT2D eigenvalue weighted by Crippen LogP contribution is -2.16. The van der Waals surface area contributed by atoms with Gasteiger partial charge in [0.1, 0.15) is 0 Å². The minimum atomic E-state index is -4.68. The summed E-state index contributed by atoms with van der Waals surface area (Å²) in [5, 5.41) is -1.50. The molecule has 1 aromatic heterocycles. The first-order chi connectivity index (χ1) is 6.93. The van der Waals surface area contributed by atoms with Crippen molar-refractivity contribution in [3.05, 3.63) is 12.3 Å². The van der Waals surface area contributed by atoms with Crippen LogP contribution in [0.25, 0.3) is 0 Å². The molecule has 0 atom stereocenters. The molecular formula is C7H5ClF3N3O. The average Bonchev–Trinajstić information content (AvgIpc) is 2.16. The van der Waals surface area contributed by atoms with E-state index in [1.54, 1.807) is 0 Å². The van der Waals surface area contributed by atoms with Gasteiger partial charge in [0.05, 0.1) is 7.11 Å². The Morgan fingerprint density at radius 1 is 1.53 bits per heavy atom. The molecule has 0 N–H and O–H groups in total. The number of halogens is 4. The third-order valence-electron chi connectivity index (χ3n) is 1.25. The molecule has 1 rings (SSSR count). The predicted molar refractivity (Wildman–Crippen MR) is 47.6 cm³/mol. The van der Waals surface area contributed by atoms with E-state index in [9.17, 15) is 13.2 Å². The van der Waals surface area contributed by atoms with E-state index in [4.69, 9.17) is 11.6 Å². The summed E-state index contributed by atoms with van der Waals surface area (Å²) in [6, 6.07) is 1.10. The standard InChI is InChI=1S/C7H5ClF3N3O/c1-15-6-12-3-2-4(14-6)13-5(8)7(9,10)11/h2-3H,1H3. The van der Waals surface area contributed by atoms with Gasteiger partial charge in [0.2, 0.25) is 5.17 Å². The van der Waals surface area contributed by atoms with Gasteiger partial charge in [-0.05, 0) is 0 Å². The van der Waals surface area contributed by atoms with E-state index in [-0.39, 0.29) is 11.8 Å². The van der Waals surface area contributed by atoms with Crippen LogP contribution < -0.4 is 4.74 Å². The average molecular weight is 240 g/mol. The van der Waals surface area contributed by atoms with Crippen LogP contribution >= 0.6 is 11.6 Å². The van der Waals surface area contributed by atoms with E-state index in [2.05, 4.69) is 19.7 Å². The summed E-state index contributed by atoms with van der Waals surface area (Å²) in [5.41, 5.74) is 0. The summed E-state index contributed by atoms with van der Waals surface area (Å²) in [5.74, 6) is -0.218. The summed E-state index contributed by atoms with van der Waals surface area (Å²) in [6.07, 6.45) is -3.47. The quantitative estimate of drug-likeness (QED) is 0.744. The molecule has 0 radical (unpaired) electrons. The zero-order valence-corrected chi connectivity index (χ0v) is 8.17. The molecule has 1 heterocycles. The lowest BCUT2D eigenvalue weighted by atomic mass is 10.6. The van der Waals surface area contributed by atoms with Crippen molar-refractivity contribution in [2.75, 3.05) is 7.11 Å². The number of hydrogen-bond acceptors (Lipinski definition) is 4. The summed E-state index contributed by atoms with van der Waals surface area (Å²) in [6.45, 7) is 0. The van der Waals surface area contributed by atoms with Crippen LogP contribution in [-0.4, -0.2) is 28.4 Å². The number of rotatable bonds is 2. The summed E-state index contributed by atoms with van der Waals surface area (Å²) < 4.78 is 40.5. The van der Waals surface area contributed by atoms with Gasteiger partial charge < -0.3 is 4.74 Å². The normalized spacial score (nSPS) is 12.7. The highest BCUT2D eigenvalue weighted by Gasteiger charge is 2.34. The van der Waals surface area contributed by atoms with Gasteiger partial charge in [-0.15, -0.1) is 0 Å². The van der Waals surface area contributed by atoms with Crippen molar-refractivity contribution in [1.29, 1.82) is 0 Å². The van der Waals surface area contributed by atoms with Crippen molar-refractivity contribution in [2.24, 2.45) is 4.99 Å². The van der Waals surface area contributed by atoms with Crippen LogP contribution in [0.2, 0.25) is 0 Å². The number of hydrogen-bond donors (Lipinski definition) is 0. The summed E-state index contributed by atoms with van der Waals surface area (Å²) in [4.78, 5) is 10.2. The Kier molecular flexibility index (Phi) is 3.46. The molecule has 0 aliphatic heterocycles. The maximum absolute atomic E-state index is 12.0. The zero-order chi connectivity index (χ0) is 11.5. The number of alkyl halides is 3. The second kappa shape index (κ2) is 4.43. The number of methoxy groups -OCH3 is 1. The Morgan fingerprint density at radius 2 is 2.20 bits per heavy atom. The minimum Gasteiger partial charge on any atom is -0.467 e. The third kappa shape index (κ3) is 3.35. The van der Waals surface area contributed by atoms with E-state index >= 15 is 0 Å². The van der Waals surface area contributed by atoms with E-state index in [1.807, 2.05) is 0 Å². The highest BCUT2D eigenvalue weighted by molar-refractivity contribution is 6.67. The van der Waals surface area contributed by atoms with Gasteiger partial charge in [-0.2, -0.15) is 18.2 Å². The Balaban J connectivity index is 2.98. The van der Waals surface area contributed by atoms with Crippen molar-refractivity contribution in [3.8, 4) is 6.01 Å². The van der Waals surface area contributed by atoms with Crippen molar-refractivity contribution in [2.45, 2.75) is 6.18 Å². The van der Waals surface area contributed by atoms with Gasteiger partial charge >= 0.3 is 12.2 Å². The largest absolute Gasteiger partial charge is 0.467 e. The molecule has 4 nitrogen and oxygen atoms in total.